The van der Waals surface area contributed by atoms with Gasteiger partial charge in [0, 0.05) is 37.8 Å². The van der Waals surface area contributed by atoms with E-state index in [0.29, 0.717) is 0 Å². The third kappa shape index (κ3) is 2.13. The molecule has 0 bridgehead atoms. The van der Waals surface area contributed by atoms with Gasteiger partial charge < -0.3 is 9.72 Å². The zero-order valence-electron chi connectivity index (χ0n) is 11.7. The van der Waals surface area contributed by atoms with E-state index < -0.39 is 0 Å². The Morgan fingerprint density at radius 3 is 2.80 bits per heavy atom. The van der Waals surface area contributed by atoms with E-state index in [-0.39, 0.29) is 0 Å². The number of rotatable bonds is 5. The van der Waals surface area contributed by atoms with Crippen molar-refractivity contribution in [1.29, 1.82) is 0 Å². The van der Waals surface area contributed by atoms with E-state index in [1.54, 1.807) is 6.20 Å². The molecule has 0 amide bonds. The minimum Gasteiger partial charge on any atom is -0.369 e. The van der Waals surface area contributed by atoms with Gasteiger partial charge in [0.25, 0.3) is 0 Å². The maximum Gasteiger partial charge on any atom is 0.184 e. The molecule has 3 heterocycles. The number of fused-ring (bicyclic) bond motifs is 1. The van der Waals surface area contributed by atoms with Crippen molar-refractivity contribution in [3.63, 3.8) is 0 Å². The molecule has 0 radical (unpaired) electrons. The van der Waals surface area contributed by atoms with E-state index in [1.165, 1.54) is 0 Å². The Morgan fingerprint density at radius 2 is 2.00 bits per heavy atom. The standard InChI is InChI=1S/C14H18N6/c1-3-5-12-16-7-9-20(12)14-13-17-6-8-19(13)10-11(18-14)15-4-2/h6-10,15H,3-5H2,1-2H3. The predicted octanol–water partition coefficient (Wildman–Crippen LogP) is 2.30. The van der Waals surface area contributed by atoms with Crippen molar-refractivity contribution in [3.8, 4) is 5.82 Å². The van der Waals surface area contributed by atoms with Crippen molar-refractivity contribution in [2.45, 2.75) is 26.7 Å². The summed E-state index contributed by atoms with van der Waals surface area (Å²) in [5.74, 6) is 2.66. The van der Waals surface area contributed by atoms with Crippen LogP contribution in [0.2, 0.25) is 0 Å². The van der Waals surface area contributed by atoms with Gasteiger partial charge in [-0.25, -0.2) is 15.0 Å². The minimum absolute atomic E-state index is 0.814. The number of aryl methyl sites for hydroxylation is 1. The summed E-state index contributed by atoms with van der Waals surface area (Å²) >= 11 is 0. The molecule has 0 aliphatic heterocycles. The van der Waals surface area contributed by atoms with Crippen molar-refractivity contribution in [2.24, 2.45) is 0 Å². The summed E-state index contributed by atoms with van der Waals surface area (Å²) in [5.41, 5.74) is 0.835. The number of hydrogen-bond acceptors (Lipinski definition) is 4. The first kappa shape index (κ1) is 12.7. The number of imidazole rings is 2. The molecule has 0 aromatic carbocycles. The molecule has 6 nitrogen and oxygen atoms in total. The van der Waals surface area contributed by atoms with Gasteiger partial charge in [-0.3, -0.25) is 4.57 Å². The molecule has 1 N–H and O–H groups in total. The fourth-order valence-corrected chi connectivity index (χ4v) is 2.28. The van der Waals surface area contributed by atoms with Gasteiger partial charge in [-0.05, 0) is 13.3 Å². The number of anilines is 1. The summed E-state index contributed by atoms with van der Waals surface area (Å²) < 4.78 is 4.00. The molecular weight excluding hydrogens is 252 g/mol. The van der Waals surface area contributed by atoms with Crippen LogP contribution in [0.1, 0.15) is 26.1 Å². The van der Waals surface area contributed by atoms with Gasteiger partial charge in [0.15, 0.2) is 11.5 Å². The Hall–Kier alpha value is -2.37. The lowest BCUT2D eigenvalue weighted by Crippen LogP contribution is -2.09. The van der Waals surface area contributed by atoms with Gasteiger partial charge in [0.1, 0.15) is 11.6 Å². The van der Waals surface area contributed by atoms with Crippen molar-refractivity contribution in [1.82, 2.24) is 23.9 Å². The molecule has 6 heteroatoms. The maximum absolute atomic E-state index is 4.68. The van der Waals surface area contributed by atoms with Gasteiger partial charge in [0.05, 0.1) is 6.20 Å². The summed E-state index contributed by atoms with van der Waals surface area (Å²) in [4.78, 5) is 13.5. The molecule has 0 atom stereocenters. The van der Waals surface area contributed by atoms with Gasteiger partial charge in [-0.1, -0.05) is 6.92 Å². The lowest BCUT2D eigenvalue weighted by Gasteiger charge is -2.10. The molecule has 104 valence electrons. The number of aromatic nitrogens is 5. The van der Waals surface area contributed by atoms with Gasteiger partial charge in [-0.15, -0.1) is 0 Å². The van der Waals surface area contributed by atoms with E-state index >= 15 is 0 Å². The Bertz CT molecular complexity index is 711. The average Bonchev–Trinajstić information content (AvgIpc) is 3.07. The van der Waals surface area contributed by atoms with Crippen LogP contribution in [0.25, 0.3) is 11.5 Å². The highest BCUT2D eigenvalue weighted by Crippen LogP contribution is 2.18. The molecular formula is C14H18N6. The van der Waals surface area contributed by atoms with Crippen molar-refractivity contribution >= 4 is 11.5 Å². The van der Waals surface area contributed by atoms with Crippen molar-refractivity contribution < 1.29 is 0 Å². The Morgan fingerprint density at radius 1 is 1.15 bits per heavy atom. The van der Waals surface area contributed by atoms with Crippen molar-refractivity contribution in [3.05, 3.63) is 36.8 Å². The molecule has 0 aliphatic rings. The Labute approximate surface area is 117 Å². The molecule has 0 spiro atoms. The Kier molecular flexibility index (Phi) is 3.37. The van der Waals surface area contributed by atoms with Crippen molar-refractivity contribution in [2.75, 3.05) is 11.9 Å². The number of nitrogens with zero attached hydrogens (tertiary/aromatic N) is 5. The molecule has 3 aromatic rings. The second kappa shape index (κ2) is 5.32. The normalized spacial score (nSPS) is 11.1. The highest BCUT2D eigenvalue weighted by Gasteiger charge is 2.12. The van der Waals surface area contributed by atoms with Crippen LogP contribution in [0.5, 0.6) is 0 Å². The summed E-state index contributed by atoms with van der Waals surface area (Å²) in [6, 6.07) is 0. The highest BCUT2D eigenvalue weighted by molar-refractivity contribution is 5.58. The molecule has 0 saturated carbocycles. The van der Waals surface area contributed by atoms with Crippen LogP contribution in [0.3, 0.4) is 0 Å². The molecule has 0 unspecified atom stereocenters. The van der Waals surface area contributed by atoms with Gasteiger partial charge in [0.2, 0.25) is 0 Å². The molecule has 0 fully saturated rings. The predicted molar refractivity (Wildman–Crippen MR) is 78.3 cm³/mol. The smallest absolute Gasteiger partial charge is 0.184 e. The Balaban J connectivity index is 2.17. The second-order valence-corrected chi connectivity index (χ2v) is 4.60. The third-order valence-electron chi connectivity index (χ3n) is 3.13. The summed E-state index contributed by atoms with van der Waals surface area (Å²) in [5, 5.41) is 3.25. The third-order valence-corrected chi connectivity index (χ3v) is 3.13. The topological polar surface area (TPSA) is 60.0 Å². The molecule has 3 aromatic heterocycles. The monoisotopic (exact) mass is 270 g/mol. The quantitative estimate of drug-likeness (QED) is 0.773. The number of nitrogens with one attached hydrogen (secondary N) is 1. The van der Waals surface area contributed by atoms with Gasteiger partial charge >= 0.3 is 0 Å². The summed E-state index contributed by atoms with van der Waals surface area (Å²) in [6.07, 6.45) is 11.4. The first-order chi connectivity index (χ1) is 9.83. The van der Waals surface area contributed by atoms with Crippen LogP contribution in [-0.4, -0.2) is 30.5 Å². The molecule has 0 aliphatic carbocycles. The van der Waals surface area contributed by atoms with Crippen LogP contribution >= 0.6 is 0 Å². The van der Waals surface area contributed by atoms with Crippen LogP contribution in [0, 0.1) is 0 Å². The lowest BCUT2D eigenvalue weighted by atomic mass is 10.3. The fourth-order valence-electron chi connectivity index (χ4n) is 2.28. The molecule has 3 rings (SSSR count). The largest absolute Gasteiger partial charge is 0.369 e. The van der Waals surface area contributed by atoms with E-state index in [0.717, 1.165) is 42.5 Å². The van der Waals surface area contributed by atoms with Gasteiger partial charge in [-0.2, -0.15) is 0 Å². The zero-order chi connectivity index (χ0) is 13.9. The maximum atomic E-state index is 4.68. The average molecular weight is 270 g/mol. The van der Waals surface area contributed by atoms with E-state index in [9.17, 15) is 0 Å². The van der Waals surface area contributed by atoms with Crippen LogP contribution in [-0.2, 0) is 6.42 Å². The number of hydrogen-bond donors (Lipinski definition) is 1. The van der Waals surface area contributed by atoms with E-state index in [2.05, 4.69) is 34.1 Å². The van der Waals surface area contributed by atoms with E-state index in [4.69, 9.17) is 0 Å². The summed E-state index contributed by atoms with van der Waals surface area (Å²) in [7, 11) is 0. The highest BCUT2D eigenvalue weighted by atomic mass is 15.2. The first-order valence-electron chi connectivity index (χ1n) is 6.93. The van der Waals surface area contributed by atoms with Crippen LogP contribution < -0.4 is 5.32 Å². The summed E-state index contributed by atoms with van der Waals surface area (Å²) in [6.45, 7) is 5.03. The minimum atomic E-state index is 0.814. The zero-order valence-corrected chi connectivity index (χ0v) is 11.7. The second-order valence-electron chi connectivity index (χ2n) is 4.60. The van der Waals surface area contributed by atoms with Crippen LogP contribution in [0.15, 0.2) is 31.0 Å². The first-order valence-corrected chi connectivity index (χ1v) is 6.93. The SMILES string of the molecule is CCCc1nccn1-c1nc(NCC)cn2ccnc12. The van der Waals surface area contributed by atoms with E-state index in [1.807, 2.05) is 33.8 Å². The van der Waals surface area contributed by atoms with Crippen LogP contribution in [0.4, 0.5) is 5.82 Å². The molecule has 20 heavy (non-hydrogen) atoms. The lowest BCUT2D eigenvalue weighted by molar-refractivity contribution is 0.797. The molecule has 0 saturated heterocycles. The fraction of sp³-hybridized carbons (Fsp3) is 0.357.